The molecule has 8 nitrogen and oxygen atoms in total. The zero-order valence-electron chi connectivity index (χ0n) is 17.0. The van der Waals surface area contributed by atoms with E-state index in [-0.39, 0.29) is 13.0 Å². The Labute approximate surface area is 188 Å². The third-order valence-corrected chi connectivity index (χ3v) is 7.51. The summed E-state index contributed by atoms with van der Waals surface area (Å²) < 4.78 is 37.1. The second-order valence-corrected chi connectivity index (χ2v) is 10.4. The maximum atomic E-state index is 13.2. The second-order valence-electron chi connectivity index (χ2n) is 7.44. The highest BCUT2D eigenvalue weighted by Crippen LogP contribution is 2.39. The SMILES string of the molecule is CS(=O)(=O)N1Cc2ccccc2C[C@H]1C(=O)Nc1nc(-c2ccco2)c(-c2ccco2)s1. The molecule has 0 radical (unpaired) electrons. The summed E-state index contributed by atoms with van der Waals surface area (Å²) >= 11 is 1.24. The van der Waals surface area contributed by atoms with Gasteiger partial charge in [-0.25, -0.2) is 13.4 Å². The number of nitrogens with zero attached hydrogens (tertiary/aromatic N) is 2. The Morgan fingerprint density at radius 3 is 2.41 bits per heavy atom. The van der Waals surface area contributed by atoms with Gasteiger partial charge in [0.25, 0.3) is 0 Å². The predicted molar refractivity (Wildman–Crippen MR) is 120 cm³/mol. The summed E-state index contributed by atoms with van der Waals surface area (Å²) in [6.45, 7) is 0.153. The van der Waals surface area contributed by atoms with Crippen LogP contribution in [0.2, 0.25) is 0 Å². The lowest BCUT2D eigenvalue weighted by atomic mass is 9.95. The zero-order chi connectivity index (χ0) is 22.3. The maximum absolute atomic E-state index is 13.2. The van der Waals surface area contributed by atoms with Crippen molar-refractivity contribution in [3.8, 4) is 22.1 Å². The van der Waals surface area contributed by atoms with Crippen LogP contribution in [0.4, 0.5) is 5.13 Å². The molecule has 1 amide bonds. The summed E-state index contributed by atoms with van der Waals surface area (Å²) in [7, 11) is -3.60. The lowest BCUT2D eigenvalue weighted by molar-refractivity contribution is -0.120. The van der Waals surface area contributed by atoms with Crippen molar-refractivity contribution in [2.75, 3.05) is 11.6 Å². The van der Waals surface area contributed by atoms with E-state index in [0.29, 0.717) is 27.2 Å². The first-order valence-electron chi connectivity index (χ1n) is 9.83. The number of nitrogens with one attached hydrogen (secondary N) is 1. The second kappa shape index (κ2) is 8.05. The molecule has 0 fully saturated rings. The number of sulfonamides is 1. The molecule has 1 N–H and O–H groups in total. The molecular formula is C22H19N3O5S2. The summed E-state index contributed by atoms with van der Waals surface area (Å²) in [4.78, 5) is 18.5. The Balaban J connectivity index is 1.47. The molecule has 4 aromatic rings. The minimum absolute atomic E-state index is 0.153. The predicted octanol–water partition coefficient (Wildman–Crippen LogP) is 3.99. The molecule has 1 aliphatic rings. The van der Waals surface area contributed by atoms with Crippen LogP contribution in [-0.2, 0) is 27.8 Å². The minimum Gasteiger partial charge on any atom is -0.463 e. The molecule has 0 aliphatic carbocycles. The van der Waals surface area contributed by atoms with Crippen molar-refractivity contribution >= 4 is 32.4 Å². The monoisotopic (exact) mass is 469 g/mol. The van der Waals surface area contributed by atoms with E-state index in [2.05, 4.69) is 10.3 Å². The number of anilines is 1. The zero-order valence-corrected chi connectivity index (χ0v) is 18.7. The number of hydrogen-bond acceptors (Lipinski definition) is 7. The number of amides is 1. The number of fused-ring (bicyclic) bond motifs is 1. The Kier molecular flexibility index (Phi) is 5.20. The van der Waals surface area contributed by atoms with Crippen LogP contribution >= 0.6 is 11.3 Å². The van der Waals surface area contributed by atoms with E-state index in [4.69, 9.17) is 8.83 Å². The standard InChI is InChI=1S/C22H19N3O5S2/c1-32(27,28)25-13-15-7-3-2-6-14(15)12-16(25)21(26)24-22-23-19(17-8-4-10-29-17)20(31-22)18-9-5-11-30-18/h2-11,16H,12-13H2,1H3,(H,23,24,26)/t16-/m0/s1. The largest absolute Gasteiger partial charge is 0.463 e. The van der Waals surface area contributed by atoms with Gasteiger partial charge in [-0.05, 0) is 41.8 Å². The van der Waals surface area contributed by atoms with Crippen molar-refractivity contribution in [2.45, 2.75) is 19.0 Å². The molecule has 0 saturated carbocycles. The third kappa shape index (κ3) is 3.88. The van der Waals surface area contributed by atoms with Gasteiger partial charge in [-0.15, -0.1) is 0 Å². The van der Waals surface area contributed by atoms with Crippen molar-refractivity contribution in [3.63, 3.8) is 0 Å². The van der Waals surface area contributed by atoms with Crippen LogP contribution in [0.1, 0.15) is 11.1 Å². The van der Waals surface area contributed by atoms with E-state index in [1.54, 1.807) is 36.8 Å². The summed E-state index contributed by atoms with van der Waals surface area (Å²) in [5, 5.41) is 3.14. The van der Waals surface area contributed by atoms with Gasteiger partial charge in [0.1, 0.15) is 22.4 Å². The van der Waals surface area contributed by atoms with Crippen LogP contribution in [0.5, 0.6) is 0 Å². The number of rotatable bonds is 5. The Morgan fingerprint density at radius 2 is 1.75 bits per heavy atom. The van der Waals surface area contributed by atoms with Gasteiger partial charge in [0.05, 0.1) is 18.8 Å². The molecule has 1 atom stereocenters. The first-order valence-corrected chi connectivity index (χ1v) is 12.5. The molecule has 5 rings (SSSR count). The van der Waals surface area contributed by atoms with Gasteiger partial charge in [-0.2, -0.15) is 4.31 Å². The van der Waals surface area contributed by atoms with Gasteiger partial charge >= 0.3 is 0 Å². The molecule has 0 bridgehead atoms. The number of benzene rings is 1. The van der Waals surface area contributed by atoms with E-state index in [9.17, 15) is 13.2 Å². The van der Waals surface area contributed by atoms with Crippen LogP contribution in [0.3, 0.4) is 0 Å². The van der Waals surface area contributed by atoms with Gasteiger partial charge in [-0.1, -0.05) is 35.6 Å². The highest BCUT2D eigenvalue weighted by molar-refractivity contribution is 7.88. The fourth-order valence-corrected chi connectivity index (χ4v) is 5.74. The number of aromatic nitrogens is 1. The van der Waals surface area contributed by atoms with Gasteiger partial charge in [0, 0.05) is 6.54 Å². The van der Waals surface area contributed by atoms with Gasteiger partial charge in [-0.3, -0.25) is 4.79 Å². The highest BCUT2D eigenvalue weighted by atomic mass is 32.2. The van der Waals surface area contributed by atoms with Crippen LogP contribution in [0.25, 0.3) is 22.1 Å². The average molecular weight is 470 g/mol. The van der Waals surface area contributed by atoms with Crippen LogP contribution in [0.15, 0.2) is 69.9 Å². The molecule has 1 aliphatic heterocycles. The maximum Gasteiger partial charge on any atom is 0.244 e. The number of carbonyl (C=O) groups excluding carboxylic acids is 1. The molecule has 0 unspecified atom stereocenters. The quantitative estimate of drug-likeness (QED) is 0.474. The lowest BCUT2D eigenvalue weighted by Gasteiger charge is -2.33. The molecule has 0 spiro atoms. The van der Waals surface area contributed by atoms with Crippen molar-refractivity contribution in [2.24, 2.45) is 0 Å². The van der Waals surface area contributed by atoms with Crippen molar-refractivity contribution in [3.05, 3.63) is 72.2 Å². The van der Waals surface area contributed by atoms with E-state index in [0.717, 1.165) is 17.4 Å². The minimum atomic E-state index is -3.60. The van der Waals surface area contributed by atoms with Gasteiger partial charge in [0.15, 0.2) is 10.9 Å². The van der Waals surface area contributed by atoms with Crippen molar-refractivity contribution in [1.82, 2.24) is 9.29 Å². The van der Waals surface area contributed by atoms with Crippen molar-refractivity contribution < 1.29 is 22.0 Å². The Hall–Kier alpha value is -3.21. The molecule has 10 heteroatoms. The molecule has 164 valence electrons. The summed E-state index contributed by atoms with van der Waals surface area (Å²) in [6, 6.07) is 13.8. The molecule has 4 heterocycles. The third-order valence-electron chi connectivity index (χ3n) is 5.29. The molecule has 0 saturated heterocycles. The number of furan rings is 2. The van der Waals surface area contributed by atoms with Crippen LogP contribution in [0, 0.1) is 0 Å². The summed E-state index contributed by atoms with van der Waals surface area (Å²) in [5.74, 6) is 0.701. The van der Waals surface area contributed by atoms with Gasteiger partial charge < -0.3 is 14.2 Å². The normalized spacial score (nSPS) is 16.6. The molecule has 3 aromatic heterocycles. The first-order chi connectivity index (χ1) is 15.4. The van der Waals surface area contributed by atoms with Gasteiger partial charge in [0.2, 0.25) is 15.9 Å². The number of carbonyl (C=O) groups is 1. The fraction of sp³-hybridized carbons (Fsp3) is 0.182. The highest BCUT2D eigenvalue weighted by Gasteiger charge is 2.37. The van der Waals surface area contributed by atoms with E-state index < -0.39 is 22.0 Å². The molecule has 32 heavy (non-hydrogen) atoms. The van der Waals surface area contributed by atoms with E-state index >= 15 is 0 Å². The summed E-state index contributed by atoms with van der Waals surface area (Å²) in [5.41, 5.74) is 2.40. The molecule has 1 aromatic carbocycles. The Bertz CT molecular complexity index is 1310. The summed E-state index contributed by atoms with van der Waals surface area (Å²) in [6.07, 6.45) is 4.51. The van der Waals surface area contributed by atoms with E-state index in [1.807, 2.05) is 24.3 Å². The van der Waals surface area contributed by atoms with Crippen LogP contribution in [-0.4, -0.2) is 35.9 Å². The van der Waals surface area contributed by atoms with E-state index in [1.165, 1.54) is 15.6 Å². The topological polar surface area (TPSA) is 106 Å². The van der Waals surface area contributed by atoms with Crippen LogP contribution < -0.4 is 5.32 Å². The average Bonchev–Trinajstić information content (AvgIpc) is 3.52. The first kappa shape index (κ1) is 20.7. The Morgan fingerprint density at radius 1 is 1.06 bits per heavy atom. The van der Waals surface area contributed by atoms with Crippen molar-refractivity contribution in [1.29, 1.82) is 0 Å². The lowest BCUT2D eigenvalue weighted by Crippen LogP contribution is -2.50. The smallest absolute Gasteiger partial charge is 0.244 e. The number of thiazole rings is 1. The number of hydrogen-bond donors (Lipinski definition) is 1. The molecular weight excluding hydrogens is 450 g/mol. The fourth-order valence-electron chi connectivity index (χ4n) is 3.79.